The molecular formula is C26H40N4O2. The highest BCUT2D eigenvalue weighted by Crippen LogP contribution is 2.40. The molecule has 0 radical (unpaired) electrons. The second-order valence-corrected chi connectivity index (χ2v) is 9.26. The number of methoxy groups -OCH3 is 1. The van der Waals surface area contributed by atoms with Gasteiger partial charge in [-0.2, -0.15) is 0 Å². The number of rotatable bonds is 8. The maximum atomic E-state index is 12.8. The van der Waals surface area contributed by atoms with Crippen molar-refractivity contribution in [2.45, 2.75) is 58.9 Å². The number of hydrogen-bond acceptors (Lipinski definition) is 5. The monoisotopic (exact) mass is 440 g/mol. The third kappa shape index (κ3) is 7.12. The van der Waals surface area contributed by atoms with Crippen LogP contribution >= 0.6 is 0 Å². The molecule has 0 aliphatic carbocycles. The molecule has 0 saturated carbocycles. The third-order valence-corrected chi connectivity index (χ3v) is 5.60. The molecular weight excluding hydrogens is 400 g/mol. The van der Waals surface area contributed by atoms with Crippen LogP contribution in [0.1, 0.15) is 56.5 Å². The van der Waals surface area contributed by atoms with Crippen LogP contribution < -0.4 is 16.0 Å². The van der Waals surface area contributed by atoms with Crippen molar-refractivity contribution in [3.8, 4) is 0 Å². The fourth-order valence-electron chi connectivity index (χ4n) is 3.83. The molecule has 6 nitrogen and oxygen atoms in total. The number of carbonyl (C=O) groups excluding carboxylic acids is 1. The van der Waals surface area contributed by atoms with E-state index in [2.05, 4.69) is 57.3 Å². The summed E-state index contributed by atoms with van der Waals surface area (Å²) in [5, 5.41) is 3.15. The summed E-state index contributed by atoms with van der Waals surface area (Å²) in [6.45, 7) is 13.0. The number of hydrogen-bond donors (Lipinski definition) is 2. The van der Waals surface area contributed by atoms with Crippen LogP contribution in [-0.2, 0) is 21.4 Å². The number of amides is 1. The molecule has 0 unspecified atom stereocenters. The molecule has 1 aromatic heterocycles. The van der Waals surface area contributed by atoms with Gasteiger partial charge in [0.15, 0.2) is 0 Å². The van der Waals surface area contributed by atoms with Crippen molar-refractivity contribution in [1.82, 2.24) is 10.3 Å². The van der Waals surface area contributed by atoms with Gasteiger partial charge in [0.2, 0.25) is 5.91 Å². The van der Waals surface area contributed by atoms with Gasteiger partial charge in [-0.25, -0.2) is 0 Å². The van der Waals surface area contributed by atoms with E-state index in [1.807, 2.05) is 24.1 Å². The van der Waals surface area contributed by atoms with Crippen molar-refractivity contribution < 1.29 is 9.53 Å². The maximum absolute atomic E-state index is 12.8. The zero-order chi connectivity index (χ0) is 23.7. The van der Waals surface area contributed by atoms with Crippen LogP contribution in [-0.4, -0.2) is 50.3 Å². The molecule has 3 N–H and O–H groups in total. The molecule has 176 valence electrons. The van der Waals surface area contributed by atoms with Crippen LogP contribution in [0.15, 0.2) is 36.5 Å². The number of carbonyl (C=O) groups is 1. The van der Waals surface area contributed by atoms with Gasteiger partial charge in [0.05, 0.1) is 12.2 Å². The third-order valence-electron chi connectivity index (χ3n) is 5.60. The van der Waals surface area contributed by atoms with Crippen molar-refractivity contribution in [1.29, 1.82) is 0 Å². The van der Waals surface area contributed by atoms with Crippen LogP contribution in [0.5, 0.6) is 0 Å². The first kappa shape index (κ1) is 26.0. The number of aryl methyl sites for hydroxylation is 1. The Labute approximate surface area is 193 Å². The van der Waals surface area contributed by atoms with E-state index in [1.165, 1.54) is 11.1 Å². The zero-order valence-corrected chi connectivity index (χ0v) is 20.6. The van der Waals surface area contributed by atoms with Gasteiger partial charge in [-0.1, -0.05) is 45.0 Å². The molecule has 6 heteroatoms. The number of ether oxygens (including phenoxy) is 1. The number of fused-ring (bicyclic) bond motifs is 1. The Kier molecular flexibility index (Phi) is 9.82. The highest BCUT2D eigenvalue weighted by molar-refractivity contribution is 5.97. The minimum atomic E-state index is -0.0969. The van der Waals surface area contributed by atoms with Gasteiger partial charge >= 0.3 is 0 Å². The van der Waals surface area contributed by atoms with Gasteiger partial charge in [-0.3, -0.25) is 9.78 Å². The minimum absolute atomic E-state index is 0.0324. The van der Waals surface area contributed by atoms with Gasteiger partial charge in [0.25, 0.3) is 0 Å². The molecule has 0 spiro atoms. The molecule has 3 rings (SSSR count). The summed E-state index contributed by atoms with van der Waals surface area (Å²) in [4.78, 5) is 19.4. The summed E-state index contributed by atoms with van der Waals surface area (Å²) < 4.78 is 4.69. The molecule has 0 fully saturated rings. The smallest absolute Gasteiger partial charge is 0.240 e. The molecule has 2 heterocycles. The number of nitrogens with zero attached hydrogens (tertiary/aromatic N) is 2. The van der Waals surface area contributed by atoms with Crippen LogP contribution in [0.3, 0.4) is 0 Å². The van der Waals surface area contributed by atoms with Crippen LogP contribution in [0.25, 0.3) is 0 Å². The molecule has 1 amide bonds. The summed E-state index contributed by atoms with van der Waals surface area (Å²) in [5.74, 6) is 0.0792. The van der Waals surface area contributed by atoms with E-state index in [1.54, 1.807) is 7.11 Å². The largest absolute Gasteiger partial charge is 0.385 e. The van der Waals surface area contributed by atoms with E-state index in [9.17, 15) is 4.79 Å². The predicted molar refractivity (Wildman–Crippen MR) is 132 cm³/mol. The van der Waals surface area contributed by atoms with Gasteiger partial charge in [-0.15, -0.1) is 0 Å². The molecule has 32 heavy (non-hydrogen) atoms. The van der Waals surface area contributed by atoms with Crippen molar-refractivity contribution in [2.24, 2.45) is 5.73 Å². The lowest BCUT2D eigenvalue weighted by atomic mass is 9.88. The van der Waals surface area contributed by atoms with E-state index in [-0.39, 0.29) is 17.4 Å². The Morgan fingerprint density at radius 1 is 1.34 bits per heavy atom. The fourth-order valence-corrected chi connectivity index (χ4v) is 3.83. The minimum Gasteiger partial charge on any atom is -0.385 e. The van der Waals surface area contributed by atoms with Crippen molar-refractivity contribution >= 4 is 11.6 Å². The summed E-state index contributed by atoms with van der Waals surface area (Å²) in [6.07, 6.45) is 3.84. The number of benzene rings is 1. The Morgan fingerprint density at radius 2 is 2.06 bits per heavy atom. The highest BCUT2D eigenvalue weighted by atomic mass is 16.5. The average Bonchev–Trinajstić information content (AvgIpc) is 3.01. The lowest BCUT2D eigenvalue weighted by molar-refractivity contribution is -0.117. The molecule has 1 aliphatic heterocycles. The quantitative estimate of drug-likeness (QED) is 0.656. The van der Waals surface area contributed by atoms with Crippen LogP contribution in [0.2, 0.25) is 0 Å². The standard InChI is InChI=1S/C22H30N4O.C4H10O/c1-15-7-5-6-8-17(15)9-18-10-20-19(12-25-18)22(3,4)14-26(20)21(27)13-24-11-16(2)23;1-3-4-5-2/h5-8,10,12,16,24H,9,11,13-14,23H2,1-4H3;3-4H2,1-2H3/t16-;/m1./s1. The van der Waals surface area contributed by atoms with E-state index < -0.39 is 0 Å². The summed E-state index contributed by atoms with van der Waals surface area (Å²) in [6, 6.07) is 10.5. The Balaban J connectivity index is 0.000000654. The topological polar surface area (TPSA) is 80.5 Å². The second-order valence-electron chi connectivity index (χ2n) is 9.26. The average molecular weight is 441 g/mol. The van der Waals surface area contributed by atoms with E-state index in [4.69, 9.17) is 15.5 Å². The predicted octanol–water partition coefficient (Wildman–Crippen LogP) is 3.58. The molecule has 0 bridgehead atoms. The molecule has 0 saturated heterocycles. The molecule has 2 aromatic rings. The van der Waals surface area contributed by atoms with Crippen molar-refractivity contribution in [2.75, 3.05) is 38.3 Å². The summed E-state index contributed by atoms with van der Waals surface area (Å²) in [5.41, 5.74) is 11.3. The van der Waals surface area contributed by atoms with E-state index in [0.29, 0.717) is 19.6 Å². The van der Waals surface area contributed by atoms with Gasteiger partial charge in [0.1, 0.15) is 0 Å². The first-order chi connectivity index (χ1) is 15.2. The number of aromatic nitrogens is 1. The van der Waals surface area contributed by atoms with E-state index in [0.717, 1.165) is 36.4 Å². The second kappa shape index (κ2) is 12.1. The first-order valence-electron chi connectivity index (χ1n) is 11.5. The van der Waals surface area contributed by atoms with E-state index >= 15 is 0 Å². The summed E-state index contributed by atoms with van der Waals surface area (Å²) in [7, 11) is 1.71. The lowest BCUT2D eigenvalue weighted by Gasteiger charge is -2.21. The fraction of sp³-hybridized carbons (Fsp3) is 0.538. The molecule has 1 atom stereocenters. The normalized spacial score (nSPS) is 15.0. The van der Waals surface area contributed by atoms with Crippen molar-refractivity contribution in [3.05, 3.63) is 58.9 Å². The van der Waals surface area contributed by atoms with Crippen LogP contribution in [0.4, 0.5) is 5.69 Å². The number of anilines is 1. The number of pyridine rings is 1. The zero-order valence-electron chi connectivity index (χ0n) is 20.6. The van der Waals surface area contributed by atoms with Gasteiger partial charge < -0.3 is 20.7 Å². The number of nitrogens with one attached hydrogen (secondary N) is 1. The van der Waals surface area contributed by atoms with Gasteiger partial charge in [-0.05, 0) is 37.5 Å². The van der Waals surface area contributed by atoms with Crippen molar-refractivity contribution in [3.63, 3.8) is 0 Å². The maximum Gasteiger partial charge on any atom is 0.240 e. The Hall–Kier alpha value is -2.28. The molecule has 1 aromatic carbocycles. The first-order valence-corrected chi connectivity index (χ1v) is 11.5. The molecule has 1 aliphatic rings. The SMILES string of the molecule is CCCOC.Cc1ccccc1Cc1cc2c(cn1)C(C)(C)CN2C(=O)CNC[C@@H](C)N. The lowest BCUT2D eigenvalue weighted by Crippen LogP contribution is -2.42. The number of nitrogens with two attached hydrogens (primary N) is 1. The Morgan fingerprint density at radius 3 is 2.66 bits per heavy atom. The summed E-state index contributed by atoms with van der Waals surface area (Å²) >= 11 is 0. The van der Waals surface area contributed by atoms with Gasteiger partial charge in [0, 0.05) is 62.1 Å². The van der Waals surface area contributed by atoms with Crippen LogP contribution in [0, 0.1) is 6.92 Å². The highest BCUT2D eigenvalue weighted by Gasteiger charge is 2.38. The Bertz CT molecular complexity index is 878.